The third-order valence-electron chi connectivity index (χ3n) is 6.89. The van der Waals surface area contributed by atoms with Crippen molar-refractivity contribution in [3.8, 4) is 0 Å². The third-order valence-corrected chi connectivity index (χ3v) is 9.14. The molecule has 0 saturated carbocycles. The van der Waals surface area contributed by atoms with E-state index in [1.807, 2.05) is 37.3 Å². The summed E-state index contributed by atoms with van der Waals surface area (Å²) in [6.07, 6.45) is 0.432. The van der Waals surface area contributed by atoms with Crippen LogP contribution in [-0.2, 0) is 38.3 Å². The molecule has 42 heavy (non-hydrogen) atoms. The van der Waals surface area contributed by atoms with Crippen LogP contribution in [0.3, 0.4) is 0 Å². The molecule has 0 aliphatic carbocycles. The molecule has 224 valence electrons. The van der Waals surface area contributed by atoms with Crippen LogP contribution >= 0.6 is 7.37 Å². The van der Waals surface area contributed by atoms with Gasteiger partial charge in [0.1, 0.15) is 18.4 Å². The summed E-state index contributed by atoms with van der Waals surface area (Å²) in [5.41, 5.74) is 2.23. The van der Waals surface area contributed by atoms with Gasteiger partial charge in [0.25, 0.3) is 0 Å². The normalized spacial score (nSPS) is 14.5. The Kier molecular flexibility index (Phi) is 12.8. The third kappa shape index (κ3) is 10.8. The highest BCUT2D eigenvalue weighted by atomic mass is 31.2. The Balaban J connectivity index is 1.83. The SMILES string of the molecule is CCCCC(NC(=O)C(Cc1ccccc1)CP(=O)(O)[C@H](Cc1ccccc1)NC(=O)OCc1ccccc1)C(=O)O. The van der Waals surface area contributed by atoms with Gasteiger partial charge in [0, 0.05) is 12.6 Å². The van der Waals surface area contributed by atoms with Crippen molar-refractivity contribution in [3.63, 3.8) is 0 Å². The van der Waals surface area contributed by atoms with Crippen molar-refractivity contribution in [2.45, 2.75) is 57.5 Å². The molecule has 0 fully saturated rings. The van der Waals surface area contributed by atoms with Gasteiger partial charge in [-0.25, -0.2) is 9.59 Å². The highest BCUT2D eigenvalue weighted by Gasteiger charge is 2.38. The van der Waals surface area contributed by atoms with Crippen molar-refractivity contribution < 1.29 is 33.7 Å². The molecule has 9 nitrogen and oxygen atoms in total. The van der Waals surface area contributed by atoms with Gasteiger partial charge < -0.3 is 25.4 Å². The summed E-state index contributed by atoms with van der Waals surface area (Å²) in [5.74, 6) is -4.05. The zero-order chi connectivity index (χ0) is 30.4. The summed E-state index contributed by atoms with van der Waals surface area (Å²) >= 11 is 0. The zero-order valence-corrected chi connectivity index (χ0v) is 24.6. The molecular formula is C32H39N2O7P. The van der Waals surface area contributed by atoms with E-state index >= 15 is 0 Å². The number of benzene rings is 3. The Morgan fingerprint density at radius 1 is 0.810 bits per heavy atom. The topological polar surface area (TPSA) is 142 Å². The Bertz CT molecular complexity index is 1320. The molecule has 10 heteroatoms. The lowest BCUT2D eigenvalue weighted by Crippen LogP contribution is -2.45. The van der Waals surface area contributed by atoms with Gasteiger partial charge in [-0.05, 0) is 29.5 Å². The fourth-order valence-electron chi connectivity index (χ4n) is 4.57. The molecule has 3 unspecified atom stereocenters. The second-order valence-electron chi connectivity index (χ2n) is 10.3. The number of amides is 2. The first-order valence-corrected chi connectivity index (χ1v) is 16.0. The van der Waals surface area contributed by atoms with Gasteiger partial charge in [-0.2, -0.15) is 0 Å². The summed E-state index contributed by atoms with van der Waals surface area (Å²) in [6.45, 7) is 1.90. The number of hydrogen-bond donors (Lipinski definition) is 4. The molecule has 0 saturated heterocycles. The molecule has 3 aromatic rings. The molecule has 0 radical (unpaired) electrons. The minimum absolute atomic E-state index is 0.0200. The van der Waals surface area contributed by atoms with E-state index in [1.54, 1.807) is 60.7 Å². The first-order valence-electron chi connectivity index (χ1n) is 14.1. The highest BCUT2D eigenvalue weighted by molar-refractivity contribution is 7.58. The number of aliphatic carboxylic acids is 1. The highest BCUT2D eigenvalue weighted by Crippen LogP contribution is 2.48. The van der Waals surface area contributed by atoms with Crippen LogP contribution in [0.5, 0.6) is 0 Å². The quantitative estimate of drug-likeness (QED) is 0.163. The Labute approximate surface area is 246 Å². The molecule has 3 rings (SSSR count). The maximum absolute atomic E-state index is 14.0. The van der Waals surface area contributed by atoms with Crippen LogP contribution in [0.25, 0.3) is 0 Å². The van der Waals surface area contributed by atoms with Crippen LogP contribution in [0.2, 0.25) is 0 Å². The van der Waals surface area contributed by atoms with Crippen molar-refractivity contribution in [2.75, 3.05) is 6.16 Å². The number of ether oxygens (including phenoxy) is 1. The molecule has 0 aliphatic rings. The lowest BCUT2D eigenvalue weighted by atomic mass is 9.99. The summed E-state index contributed by atoms with van der Waals surface area (Å²) in [7, 11) is -4.27. The molecule has 0 aliphatic heterocycles. The van der Waals surface area contributed by atoms with Gasteiger partial charge in [0.05, 0.1) is 5.92 Å². The number of unbranched alkanes of at least 4 members (excludes halogenated alkanes) is 1. The van der Waals surface area contributed by atoms with E-state index in [2.05, 4.69) is 10.6 Å². The van der Waals surface area contributed by atoms with Crippen LogP contribution in [-0.4, -0.2) is 46.0 Å². The van der Waals surface area contributed by atoms with E-state index in [9.17, 15) is 28.9 Å². The fraction of sp³-hybridized carbons (Fsp3) is 0.344. The van der Waals surface area contributed by atoms with Gasteiger partial charge in [0.15, 0.2) is 0 Å². The zero-order valence-electron chi connectivity index (χ0n) is 23.7. The van der Waals surface area contributed by atoms with Gasteiger partial charge in [-0.15, -0.1) is 0 Å². The van der Waals surface area contributed by atoms with Crippen molar-refractivity contribution >= 4 is 25.3 Å². The van der Waals surface area contributed by atoms with E-state index in [4.69, 9.17) is 4.74 Å². The lowest BCUT2D eigenvalue weighted by molar-refractivity contribution is -0.142. The van der Waals surface area contributed by atoms with Crippen LogP contribution in [0.1, 0.15) is 42.9 Å². The fourth-order valence-corrected chi connectivity index (χ4v) is 6.55. The monoisotopic (exact) mass is 594 g/mol. The summed E-state index contributed by atoms with van der Waals surface area (Å²) in [6, 6.07) is 25.9. The maximum atomic E-state index is 14.0. The van der Waals surface area contributed by atoms with Gasteiger partial charge in [-0.1, -0.05) is 111 Å². The Morgan fingerprint density at radius 3 is 1.86 bits per heavy atom. The summed E-state index contributed by atoms with van der Waals surface area (Å²) in [4.78, 5) is 49.5. The average molecular weight is 595 g/mol. The first-order chi connectivity index (χ1) is 20.2. The molecule has 2 amide bonds. The number of rotatable bonds is 16. The molecule has 4 atom stereocenters. The van der Waals surface area contributed by atoms with Gasteiger partial charge >= 0.3 is 12.1 Å². The number of carbonyl (C=O) groups is 3. The van der Waals surface area contributed by atoms with Crippen molar-refractivity contribution in [1.82, 2.24) is 10.6 Å². The number of alkyl carbamates (subject to hydrolysis) is 1. The number of carboxylic acid groups (broad SMARTS) is 1. The molecular weight excluding hydrogens is 555 g/mol. The maximum Gasteiger partial charge on any atom is 0.408 e. The molecule has 0 aromatic heterocycles. The van der Waals surface area contributed by atoms with Crippen LogP contribution in [0.15, 0.2) is 91.0 Å². The molecule has 3 aromatic carbocycles. The first kappa shape index (κ1) is 32.6. The van der Waals surface area contributed by atoms with E-state index in [0.29, 0.717) is 6.42 Å². The van der Waals surface area contributed by atoms with Crippen molar-refractivity contribution in [3.05, 3.63) is 108 Å². The average Bonchev–Trinajstić information content (AvgIpc) is 2.98. The number of carboxylic acids is 1. The Hall–Kier alpha value is -3.94. The van der Waals surface area contributed by atoms with Crippen molar-refractivity contribution in [1.29, 1.82) is 0 Å². The second-order valence-corrected chi connectivity index (χ2v) is 12.8. The van der Waals surface area contributed by atoms with E-state index in [0.717, 1.165) is 23.1 Å². The van der Waals surface area contributed by atoms with Crippen molar-refractivity contribution in [2.24, 2.45) is 5.92 Å². The predicted molar refractivity (Wildman–Crippen MR) is 161 cm³/mol. The number of hydrogen-bond acceptors (Lipinski definition) is 5. The van der Waals surface area contributed by atoms with Crippen LogP contribution in [0, 0.1) is 5.92 Å². The number of nitrogens with one attached hydrogen (secondary N) is 2. The largest absolute Gasteiger partial charge is 0.480 e. The van der Waals surface area contributed by atoms with Gasteiger partial charge in [-0.3, -0.25) is 9.36 Å². The van der Waals surface area contributed by atoms with Crippen LogP contribution in [0.4, 0.5) is 4.79 Å². The number of carbonyl (C=O) groups excluding carboxylic acids is 2. The second kappa shape index (κ2) is 16.5. The van der Waals surface area contributed by atoms with E-state index in [1.165, 1.54) is 0 Å². The Morgan fingerprint density at radius 2 is 1.33 bits per heavy atom. The summed E-state index contributed by atoms with van der Waals surface area (Å²) < 4.78 is 19.3. The van der Waals surface area contributed by atoms with E-state index < -0.39 is 49.2 Å². The molecule has 0 spiro atoms. The molecule has 0 heterocycles. The summed E-state index contributed by atoms with van der Waals surface area (Å²) in [5, 5.41) is 14.8. The standard InChI is InChI=1S/C32H39N2O7P/c1-2-3-19-28(31(36)37)33-30(35)27(20-24-13-7-4-8-14-24)23-42(39,40)29(21-25-15-9-5-10-16-25)34-32(38)41-22-26-17-11-6-12-18-26/h4-18,27-29H,2-3,19-23H2,1H3,(H,33,35)(H,34,38)(H,36,37)(H,39,40)/t27?,28?,29-/m1/s1. The smallest absolute Gasteiger partial charge is 0.408 e. The minimum Gasteiger partial charge on any atom is -0.480 e. The molecule has 4 N–H and O–H groups in total. The van der Waals surface area contributed by atoms with Gasteiger partial charge in [0.2, 0.25) is 13.3 Å². The predicted octanol–water partition coefficient (Wildman–Crippen LogP) is 5.37. The lowest BCUT2D eigenvalue weighted by Gasteiger charge is -2.28. The minimum atomic E-state index is -4.27. The molecule has 0 bridgehead atoms. The van der Waals surface area contributed by atoms with E-state index in [-0.39, 0.29) is 25.9 Å². The van der Waals surface area contributed by atoms with Crippen LogP contribution < -0.4 is 10.6 Å².